The van der Waals surface area contributed by atoms with Gasteiger partial charge in [-0.2, -0.15) is 0 Å². The van der Waals surface area contributed by atoms with E-state index in [1.54, 1.807) is 11.8 Å². The number of amides is 1. The number of piperidine rings is 1. The van der Waals surface area contributed by atoms with Crippen LogP contribution in [0.4, 0.5) is 0 Å². The molecule has 1 saturated heterocycles. The number of hydrogen-bond donors (Lipinski definition) is 2. The molecule has 0 radical (unpaired) electrons. The molecular weight excluding hydrogens is 352 g/mol. The highest BCUT2D eigenvalue weighted by molar-refractivity contribution is 8.00. The molecule has 5 heteroatoms. The van der Waals surface area contributed by atoms with E-state index in [1.165, 1.54) is 0 Å². The van der Waals surface area contributed by atoms with Crippen LogP contribution in [0.15, 0.2) is 65.6 Å². The molecular formula is C20H25ClN2OS. The van der Waals surface area contributed by atoms with Gasteiger partial charge in [-0.15, -0.1) is 24.2 Å². The van der Waals surface area contributed by atoms with Crippen LogP contribution in [-0.4, -0.2) is 25.0 Å². The van der Waals surface area contributed by atoms with E-state index >= 15 is 0 Å². The van der Waals surface area contributed by atoms with Crippen LogP contribution in [0.2, 0.25) is 0 Å². The maximum atomic E-state index is 13.0. The van der Waals surface area contributed by atoms with Crippen LogP contribution >= 0.6 is 24.2 Å². The van der Waals surface area contributed by atoms with Crippen molar-refractivity contribution in [2.75, 3.05) is 13.1 Å². The summed E-state index contributed by atoms with van der Waals surface area (Å²) in [6.45, 7) is 4.10. The second-order valence-corrected chi connectivity index (χ2v) is 7.49. The van der Waals surface area contributed by atoms with Gasteiger partial charge in [-0.05, 0) is 36.6 Å². The third-order valence-electron chi connectivity index (χ3n) is 4.49. The van der Waals surface area contributed by atoms with Gasteiger partial charge in [0, 0.05) is 17.5 Å². The zero-order chi connectivity index (χ0) is 16.8. The van der Waals surface area contributed by atoms with Crippen molar-refractivity contribution in [3.8, 4) is 0 Å². The molecule has 0 aliphatic carbocycles. The smallest absolute Gasteiger partial charge is 0.238 e. The van der Waals surface area contributed by atoms with Gasteiger partial charge in [-0.3, -0.25) is 4.79 Å². The molecule has 0 spiro atoms. The summed E-state index contributed by atoms with van der Waals surface area (Å²) in [5.74, 6) is 0.601. The first-order chi connectivity index (χ1) is 11.7. The topological polar surface area (TPSA) is 41.1 Å². The van der Waals surface area contributed by atoms with Crippen LogP contribution in [0.25, 0.3) is 0 Å². The first-order valence-corrected chi connectivity index (χ1v) is 9.40. The number of hydrogen-bond acceptors (Lipinski definition) is 3. The largest absolute Gasteiger partial charge is 0.351 e. The fourth-order valence-corrected chi connectivity index (χ4v) is 4.03. The third kappa shape index (κ3) is 5.50. The molecule has 2 aromatic rings. The lowest BCUT2D eigenvalue weighted by molar-refractivity contribution is -0.121. The van der Waals surface area contributed by atoms with E-state index in [9.17, 15) is 4.79 Å². The zero-order valence-electron chi connectivity index (χ0n) is 14.4. The van der Waals surface area contributed by atoms with Gasteiger partial charge in [0.15, 0.2) is 0 Å². The summed E-state index contributed by atoms with van der Waals surface area (Å²) in [6.07, 6.45) is 1.10. The average Bonchev–Trinajstić information content (AvgIpc) is 2.63. The minimum atomic E-state index is -0.234. The molecule has 1 heterocycles. The SMILES string of the molecule is CC1CCNCC1NC(=O)C(Sc1ccccc1)c1ccccc1.Cl. The minimum absolute atomic E-state index is 0. The number of halogens is 1. The second-order valence-electron chi connectivity index (χ2n) is 6.31. The number of carbonyl (C=O) groups is 1. The van der Waals surface area contributed by atoms with Crippen molar-refractivity contribution in [1.29, 1.82) is 0 Å². The maximum Gasteiger partial charge on any atom is 0.238 e. The van der Waals surface area contributed by atoms with Crippen LogP contribution in [0, 0.1) is 5.92 Å². The molecule has 3 nitrogen and oxygen atoms in total. The Labute approximate surface area is 160 Å². The summed E-state index contributed by atoms with van der Waals surface area (Å²) in [4.78, 5) is 14.1. The molecule has 1 aliphatic rings. The Bertz CT molecular complexity index is 653. The van der Waals surface area contributed by atoms with Crippen molar-refractivity contribution in [3.05, 3.63) is 66.2 Å². The lowest BCUT2D eigenvalue weighted by Gasteiger charge is -2.31. The molecule has 0 aromatic heterocycles. The molecule has 2 aromatic carbocycles. The van der Waals surface area contributed by atoms with E-state index < -0.39 is 0 Å². The average molecular weight is 377 g/mol. The number of rotatable bonds is 5. The van der Waals surface area contributed by atoms with E-state index in [1.807, 2.05) is 48.5 Å². The van der Waals surface area contributed by atoms with E-state index in [0.29, 0.717) is 5.92 Å². The molecule has 1 fully saturated rings. The molecule has 3 rings (SSSR count). The van der Waals surface area contributed by atoms with Gasteiger partial charge < -0.3 is 10.6 Å². The van der Waals surface area contributed by atoms with Gasteiger partial charge in [0.1, 0.15) is 5.25 Å². The Morgan fingerprint density at radius 2 is 1.76 bits per heavy atom. The van der Waals surface area contributed by atoms with Gasteiger partial charge in [-0.25, -0.2) is 0 Å². The summed E-state index contributed by atoms with van der Waals surface area (Å²) in [7, 11) is 0. The summed E-state index contributed by atoms with van der Waals surface area (Å²) in [5.41, 5.74) is 1.04. The van der Waals surface area contributed by atoms with Crippen LogP contribution in [0.1, 0.15) is 24.2 Å². The minimum Gasteiger partial charge on any atom is -0.351 e. The molecule has 3 unspecified atom stereocenters. The normalized spacial score (nSPS) is 21.0. The number of carbonyl (C=O) groups excluding carboxylic acids is 1. The summed E-state index contributed by atoms with van der Waals surface area (Å²) >= 11 is 1.61. The predicted molar refractivity (Wildman–Crippen MR) is 107 cm³/mol. The van der Waals surface area contributed by atoms with Gasteiger partial charge in [0.25, 0.3) is 0 Å². The lowest BCUT2D eigenvalue weighted by Crippen LogP contribution is -2.51. The number of nitrogens with one attached hydrogen (secondary N) is 2. The third-order valence-corrected chi connectivity index (χ3v) is 5.76. The van der Waals surface area contributed by atoms with Gasteiger partial charge in [0.2, 0.25) is 5.91 Å². The number of thioether (sulfide) groups is 1. The van der Waals surface area contributed by atoms with Crippen molar-refractivity contribution < 1.29 is 4.79 Å². The quantitative estimate of drug-likeness (QED) is 0.773. The Kier molecular flexibility index (Phi) is 7.82. The Morgan fingerprint density at radius 3 is 2.40 bits per heavy atom. The Hall–Kier alpha value is -1.49. The Balaban J connectivity index is 0.00000225. The van der Waals surface area contributed by atoms with Crippen LogP contribution in [-0.2, 0) is 4.79 Å². The van der Waals surface area contributed by atoms with Crippen molar-refractivity contribution in [2.45, 2.75) is 29.5 Å². The van der Waals surface area contributed by atoms with Gasteiger partial charge >= 0.3 is 0 Å². The molecule has 25 heavy (non-hydrogen) atoms. The van der Waals surface area contributed by atoms with Gasteiger partial charge in [-0.1, -0.05) is 55.5 Å². The fraction of sp³-hybridized carbons (Fsp3) is 0.350. The molecule has 1 amide bonds. The summed E-state index contributed by atoms with van der Waals surface area (Å²) < 4.78 is 0. The van der Waals surface area contributed by atoms with E-state index in [2.05, 4.69) is 29.7 Å². The number of benzene rings is 2. The molecule has 0 saturated carbocycles. The molecule has 2 N–H and O–H groups in total. The van der Waals surface area contributed by atoms with Crippen LogP contribution in [0.3, 0.4) is 0 Å². The van der Waals surface area contributed by atoms with E-state index in [-0.39, 0.29) is 29.6 Å². The molecule has 0 bridgehead atoms. The van der Waals surface area contributed by atoms with Gasteiger partial charge in [0.05, 0.1) is 0 Å². The highest BCUT2D eigenvalue weighted by Crippen LogP contribution is 2.35. The predicted octanol–water partition coefficient (Wildman–Crippen LogP) is 4.06. The zero-order valence-corrected chi connectivity index (χ0v) is 16.0. The second kappa shape index (κ2) is 9.85. The van der Waals surface area contributed by atoms with Crippen LogP contribution in [0.5, 0.6) is 0 Å². The van der Waals surface area contributed by atoms with Crippen molar-refractivity contribution in [2.24, 2.45) is 5.92 Å². The first-order valence-electron chi connectivity index (χ1n) is 8.52. The molecule has 1 aliphatic heterocycles. The lowest BCUT2D eigenvalue weighted by atomic mass is 9.94. The summed E-state index contributed by atoms with van der Waals surface area (Å²) in [6, 6.07) is 20.4. The fourth-order valence-electron chi connectivity index (χ4n) is 2.98. The highest BCUT2D eigenvalue weighted by atomic mass is 35.5. The summed E-state index contributed by atoms with van der Waals surface area (Å²) in [5, 5.41) is 6.41. The van der Waals surface area contributed by atoms with Crippen molar-refractivity contribution >= 4 is 30.1 Å². The molecule has 3 atom stereocenters. The monoisotopic (exact) mass is 376 g/mol. The molecule has 134 valence electrons. The van der Waals surface area contributed by atoms with Crippen LogP contribution < -0.4 is 10.6 Å². The highest BCUT2D eigenvalue weighted by Gasteiger charge is 2.28. The Morgan fingerprint density at radius 1 is 1.12 bits per heavy atom. The maximum absolute atomic E-state index is 13.0. The first kappa shape index (κ1) is 19.8. The standard InChI is InChI=1S/C20H24N2OS.ClH/c1-15-12-13-21-14-18(15)22-20(23)19(16-8-4-2-5-9-16)24-17-10-6-3-7-11-17;/h2-11,15,18-19,21H,12-14H2,1H3,(H,22,23);1H. The van der Waals surface area contributed by atoms with Crippen molar-refractivity contribution in [3.63, 3.8) is 0 Å². The van der Waals surface area contributed by atoms with Crippen molar-refractivity contribution in [1.82, 2.24) is 10.6 Å². The van der Waals surface area contributed by atoms with E-state index in [0.717, 1.165) is 30.0 Å². The van der Waals surface area contributed by atoms with E-state index in [4.69, 9.17) is 0 Å².